The summed E-state index contributed by atoms with van der Waals surface area (Å²) in [5, 5.41) is 0. The van der Waals surface area contributed by atoms with Crippen LogP contribution in [0.3, 0.4) is 0 Å². The Bertz CT molecular complexity index is 182. The maximum absolute atomic E-state index is 6.22. The van der Waals surface area contributed by atoms with E-state index in [2.05, 4.69) is 0 Å². The molecule has 0 aromatic rings. The van der Waals surface area contributed by atoms with Crippen molar-refractivity contribution in [3.63, 3.8) is 0 Å². The van der Waals surface area contributed by atoms with E-state index in [9.17, 15) is 0 Å². The van der Waals surface area contributed by atoms with Gasteiger partial charge in [-0.05, 0) is 12.8 Å². The van der Waals surface area contributed by atoms with E-state index in [0.717, 1.165) is 0 Å². The van der Waals surface area contributed by atoms with Crippen molar-refractivity contribution in [2.45, 2.75) is 128 Å². The molecule has 0 aliphatic heterocycles. The molecule has 1 heteroatoms. The van der Waals surface area contributed by atoms with Gasteiger partial charge in [0.15, 0.2) is 0 Å². The van der Waals surface area contributed by atoms with Crippen molar-refractivity contribution >= 4 is 0 Å². The van der Waals surface area contributed by atoms with Crippen LogP contribution in [-0.4, -0.2) is 6.04 Å². The third kappa shape index (κ3) is 13.4. The van der Waals surface area contributed by atoms with Crippen LogP contribution >= 0.6 is 0 Å². The summed E-state index contributed by atoms with van der Waals surface area (Å²) in [4.78, 5) is 0. The summed E-state index contributed by atoms with van der Waals surface area (Å²) in [7, 11) is 0. The second kappa shape index (κ2) is 14.9. The van der Waals surface area contributed by atoms with Gasteiger partial charge in [-0.25, -0.2) is 0 Å². The van der Waals surface area contributed by atoms with Gasteiger partial charge in [-0.15, -0.1) is 0 Å². The second-order valence-corrected chi connectivity index (χ2v) is 7.35. The Kier molecular flexibility index (Phi) is 13.5. The van der Waals surface area contributed by atoms with Crippen LogP contribution in [-0.2, 0) is 0 Å². The number of nitrogens with two attached hydrogens (primary N) is 1. The number of rotatable bonds is 0. The average molecular weight is 296 g/mol. The van der Waals surface area contributed by atoms with E-state index >= 15 is 0 Å². The van der Waals surface area contributed by atoms with E-state index in [-0.39, 0.29) is 0 Å². The van der Waals surface area contributed by atoms with Crippen LogP contribution in [0.2, 0.25) is 0 Å². The summed E-state index contributed by atoms with van der Waals surface area (Å²) in [5.74, 6) is 0. The fourth-order valence-electron chi connectivity index (χ4n) is 3.61. The highest BCUT2D eigenvalue weighted by molar-refractivity contribution is 4.62. The zero-order valence-corrected chi connectivity index (χ0v) is 14.6. The summed E-state index contributed by atoms with van der Waals surface area (Å²) in [5.41, 5.74) is 6.22. The van der Waals surface area contributed by atoms with E-state index in [1.54, 1.807) is 0 Å². The second-order valence-electron chi connectivity index (χ2n) is 7.35. The molecular formula is C20H41N. The van der Waals surface area contributed by atoms with Gasteiger partial charge in [-0.2, -0.15) is 0 Å². The normalized spacial score (nSPS) is 24.4. The fourth-order valence-corrected chi connectivity index (χ4v) is 3.61. The monoisotopic (exact) mass is 295 g/mol. The van der Waals surface area contributed by atoms with Crippen molar-refractivity contribution < 1.29 is 0 Å². The predicted molar refractivity (Wildman–Crippen MR) is 95.7 cm³/mol. The first-order valence-corrected chi connectivity index (χ1v) is 10.1. The quantitative estimate of drug-likeness (QED) is 0.526. The smallest absolute Gasteiger partial charge is 0.00388 e. The maximum Gasteiger partial charge on any atom is 0.00388 e. The van der Waals surface area contributed by atoms with Gasteiger partial charge in [-0.3, -0.25) is 0 Å². The molecule has 0 aromatic carbocycles. The largest absolute Gasteiger partial charge is 0.328 e. The molecule has 1 nitrogen and oxygen atoms in total. The lowest BCUT2D eigenvalue weighted by Gasteiger charge is -2.11. The van der Waals surface area contributed by atoms with Crippen LogP contribution < -0.4 is 5.73 Å². The van der Waals surface area contributed by atoms with Crippen molar-refractivity contribution in [3.05, 3.63) is 0 Å². The van der Waals surface area contributed by atoms with E-state index in [4.69, 9.17) is 5.73 Å². The van der Waals surface area contributed by atoms with Gasteiger partial charge in [0.1, 0.15) is 0 Å². The van der Waals surface area contributed by atoms with Gasteiger partial charge in [0.2, 0.25) is 0 Å². The lowest BCUT2D eigenvalue weighted by atomic mass is 9.99. The highest BCUT2D eigenvalue weighted by Crippen LogP contribution is 2.16. The highest BCUT2D eigenvalue weighted by Gasteiger charge is 2.02. The number of hydrogen-bond donors (Lipinski definition) is 1. The zero-order valence-electron chi connectivity index (χ0n) is 14.6. The third-order valence-corrected chi connectivity index (χ3v) is 5.15. The molecule has 1 fully saturated rings. The van der Waals surface area contributed by atoms with Crippen LogP contribution in [0.15, 0.2) is 0 Å². The summed E-state index contributed by atoms with van der Waals surface area (Å²) in [6.07, 6.45) is 27.1. The molecule has 0 heterocycles. The van der Waals surface area contributed by atoms with Crippen molar-refractivity contribution in [2.75, 3.05) is 0 Å². The minimum atomic E-state index is 0.482. The van der Waals surface area contributed by atoms with Crippen molar-refractivity contribution in [2.24, 2.45) is 5.73 Å². The third-order valence-electron chi connectivity index (χ3n) is 5.15. The maximum atomic E-state index is 6.22. The van der Waals surface area contributed by atoms with Gasteiger partial charge in [0.05, 0.1) is 0 Å². The Balaban J connectivity index is 2.08. The molecule has 2 N–H and O–H groups in total. The lowest BCUT2D eigenvalue weighted by Crippen LogP contribution is -2.19. The highest BCUT2D eigenvalue weighted by atomic mass is 14.6. The molecule has 126 valence electrons. The standard InChI is InChI=1S/C20H41N/c21-20-18-16-14-12-10-8-6-4-2-1-3-5-7-9-11-13-15-17-19-20/h20H,1-19,21H2. The van der Waals surface area contributed by atoms with Crippen LogP contribution in [0.4, 0.5) is 0 Å². The van der Waals surface area contributed by atoms with Crippen molar-refractivity contribution in [1.29, 1.82) is 0 Å². The van der Waals surface area contributed by atoms with Gasteiger partial charge < -0.3 is 5.73 Å². The Labute approximate surface area is 134 Å². The predicted octanol–water partition coefficient (Wildman–Crippen LogP) is 6.74. The Morgan fingerprint density at radius 3 is 0.762 bits per heavy atom. The minimum Gasteiger partial charge on any atom is -0.328 e. The first kappa shape index (κ1) is 19.0. The van der Waals surface area contributed by atoms with Gasteiger partial charge in [-0.1, -0.05) is 109 Å². The minimum absolute atomic E-state index is 0.482. The summed E-state index contributed by atoms with van der Waals surface area (Å²) in [6, 6.07) is 0.482. The van der Waals surface area contributed by atoms with Crippen LogP contribution in [0.5, 0.6) is 0 Å². The van der Waals surface area contributed by atoms with E-state index in [1.807, 2.05) is 0 Å². The molecule has 1 aliphatic rings. The van der Waals surface area contributed by atoms with E-state index < -0.39 is 0 Å². The molecule has 0 saturated heterocycles. The topological polar surface area (TPSA) is 26.0 Å². The average Bonchev–Trinajstić information content (AvgIpc) is 2.48. The molecule has 1 saturated carbocycles. The Morgan fingerprint density at radius 2 is 0.524 bits per heavy atom. The van der Waals surface area contributed by atoms with Gasteiger partial charge in [0.25, 0.3) is 0 Å². The molecule has 0 unspecified atom stereocenters. The van der Waals surface area contributed by atoms with Crippen LogP contribution in [0.25, 0.3) is 0 Å². The molecule has 0 spiro atoms. The molecule has 1 rings (SSSR count). The Morgan fingerprint density at radius 1 is 0.333 bits per heavy atom. The van der Waals surface area contributed by atoms with Gasteiger partial charge >= 0.3 is 0 Å². The molecule has 0 amide bonds. The lowest BCUT2D eigenvalue weighted by molar-refractivity contribution is 0.473. The molecule has 0 atom stereocenters. The molecule has 0 bridgehead atoms. The van der Waals surface area contributed by atoms with E-state index in [1.165, 1.54) is 122 Å². The van der Waals surface area contributed by atoms with E-state index in [0.29, 0.717) is 6.04 Å². The van der Waals surface area contributed by atoms with Crippen molar-refractivity contribution in [1.82, 2.24) is 0 Å². The van der Waals surface area contributed by atoms with Crippen LogP contribution in [0, 0.1) is 0 Å². The SMILES string of the molecule is NC1CCCCCCCCCCCCCCCCCCC1. The number of hydrogen-bond acceptors (Lipinski definition) is 1. The first-order chi connectivity index (χ1) is 10.4. The van der Waals surface area contributed by atoms with Crippen molar-refractivity contribution in [3.8, 4) is 0 Å². The molecular weight excluding hydrogens is 254 g/mol. The van der Waals surface area contributed by atoms with Gasteiger partial charge in [0, 0.05) is 6.04 Å². The first-order valence-electron chi connectivity index (χ1n) is 10.1. The summed E-state index contributed by atoms with van der Waals surface area (Å²) >= 11 is 0. The summed E-state index contributed by atoms with van der Waals surface area (Å²) < 4.78 is 0. The Hall–Kier alpha value is -0.0400. The zero-order chi connectivity index (χ0) is 15.0. The molecule has 0 aromatic heterocycles. The summed E-state index contributed by atoms with van der Waals surface area (Å²) in [6.45, 7) is 0. The molecule has 0 radical (unpaired) electrons. The molecule has 21 heavy (non-hydrogen) atoms. The fraction of sp³-hybridized carbons (Fsp3) is 1.00. The molecule has 1 aliphatic carbocycles. The van der Waals surface area contributed by atoms with Crippen LogP contribution in [0.1, 0.15) is 122 Å².